The quantitative estimate of drug-likeness (QED) is 0.344. The molecule has 0 spiro atoms. The van der Waals surface area contributed by atoms with Gasteiger partial charge < -0.3 is 16.2 Å². The Labute approximate surface area is 194 Å². The van der Waals surface area contributed by atoms with Crippen molar-refractivity contribution in [2.75, 3.05) is 18.1 Å². The summed E-state index contributed by atoms with van der Waals surface area (Å²) in [5, 5.41) is 23.0. The predicted octanol–water partition coefficient (Wildman–Crippen LogP) is 1.17. The van der Waals surface area contributed by atoms with E-state index in [4.69, 9.17) is 5.73 Å². The highest BCUT2D eigenvalue weighted by Crippen LogP contribution is 2.41. The van der Waals surface area contributed by atoms with Gasteiger partial charge >= 0.3 is 5.97 Å². The smallest absolute Gasteiger partial charge is 0.352 e. The summed E-state index contributed by atoms with van der Waals surface area (Å²) >= 11 is 5.77. The Hall–Kier alpha value is -1.93. The number of carbonyl (C=O) groups is 3. The van der Waals surface area contributed by atoms with Gasteiger partial charge in [-0.1, -0.05) is 29.2 Å². The Kier molecular flexibility index (Phi) is 6.96. The van der Waals surface area contributed by atoms with Crippen molar-refractivity contribution >= 4 is 64.0 Å². The third-order valence-electron chi connectivity index (χ3n) is 4.66. The van der Waals surface area contributed by atoms with Gasteiger partial charge in [0.15, 0.2) is 4.34 Å². The molecule has 4 rings (SSSR count). The molecule has 1 unspecified atom stereocenters. The molecule has 0 radical (unpaired) electrons. The van der Waals surface area contributed by atoms with Crippen molar-refractivity contribution < 1.29 is 19.5 Å². The van der Waals surface area contributed by atoms with Crippen LogP contribution in [0.25, 0.3) is 0 Å². The minimum Gasteiger partial charge on any atom is -0.477 e. The zero-order valence-electron chi connectivity index (χ0n) is 16.1. The molecule has 0 aliphatic carbocycles. The number of nitrogens with zero attached hydrogens (tertiary/aromatic N) is 3. The van der Waals surface area contributed by atoms with Crippen LogP contribution in [0.3, 0.4) is 0 Å². The van der Waals surface area contributed by atoms with Gasteiger partial charge in [0.1, 0.15) is 22.1 Å². The number of amides is 2. The van der Waals surface area contributed by atoms with Gasteiger partial charge in [0, 0.05) is 22.8 Å². The number of thioether (sulfide) groups is 2. The lowest BCUT2D eigenvalue weighted by atomic mass is 10.0. The van der Waals surface area contributed by atoms with Crippen LogP contribution in [0.1, 0.15) is 9.88 Å². The summed E-state index contributed by atoms with van der Waals surface area (Å²) in [5.41, 5.74) is 6.20. The number of β-lactam (4-membered cyclic amide) rings is 1. The van der Waals surface area contributed by atoms with E-state index in [-0.39, 0.29) is 18.0 Å². The van der Waals surface area contributed by atoms with E-state index in [2.05, 4.69) is 15.5 Å². The van der Waals surface area contributed by atoms with Crippen LogP contribution in [0, 0.1) is 0 Å². The Morgan fingerprint density at radius 2 is 2.23 bits per heavy atom. The molecule has 4 N–H and O–H groups in total. The highest BCUT2D eigenvalue weighted by molar-refractivity contribution is 8.01. The van der Waals surface area contributed by atoms with Gasteiger partial charge in [0.25, 0.3) is 5.91 Å². The molecule has 1 saturated heterocycles. The van der Waals surface area contributed by atoms with Crippen molar-refractivity contribution in [3.63, 3.8) is 0 Å². The molecule has 0 aromatic carbocycles. The first kappa shape index (κ1) is 22.3. The van der Waals surface area contributed by atoms with E-state index in [0.29, 0.717) is 30.0 Å². The van der Waals surface area contributed by atoms with E-state index in [1.54, 1.807) is 0 Å². The molecule has 0 saturated carbocycles. The molecular formula is C18H19N5O4S4. The second-order valence-electron chi connectivity index (χ2n) is 6.76. The molecular weight excluding hydrogens is 478 g/mol. The fourth-order valence-corrected chi connectivity index (χ4v) is 7.36. The van der Waals surface area contributed by atoms with Gasteiger partial charge in [0.2, 0.25) is 5.91 Å². The van der Waals surface area contributed by atoms with Crippen molar-refractivity contribution in [3.05, 3.63) is 38.7 Å². The van der Waals surface area contributed by atoms with E-state index in [0.717, 1.165) is 14.2 Å². The number of aliphatic carboxylic acids is 1. The topological polar surface area (TPSA) is 139 Å². The molecule has 13 heteroatoms. The third-order valence-corrected chi connectivity index (χ3v) is 9.08. The monoisotopic (exact) mass is 497 g/mol. The van der Waals surface area contributed by atoms with Gasteiger partial charge in [-0.2, -0.15) is 0 Å². The van der Waals surface area contributed by atoms with E-state index in [1.165, 1.54) is 51.1 Å². The van der Waals surface area contributed by atoms with Crippen LogP contribution in [0.5, 0.6) is 0 Å². The summed E-state index contributed by atoms with van der Waals surface area (Å²) in [6.45, 7) is 0.494. The first-order chi connectivity index (χ1) is 15.0. The van der Waals surface area contributed by atoms with E-state index < -0.39 is 23.3 Å². The largest absolute Gasteiger partial charge is 0.477 e. The zero-order valence-corrected chi connectivity index (χ0v) is 19.4. The number of fused-ring (bicyclic) bond motifs is 1. The summed E-state index contributed by atoms with van der Waals surface area (Å²) < 4.78 is 0.737. The van der Waals surface area contributed by atoms with Crippen molar-refractivity contribution in [3.8, 4) is 0 Å². The van der Waals surface area contributed by atoms with Crippen LogP contribution < -0.4 is 11.1 Å². The van der Waals surface area contributed by atoms with Crippen LogP contribution >= 0.6 is 46.2 Å². The van der Waals surface area contributed by atoms with Gasteiger partial charge in [-0.05, 0) is 23.6 Å². The maximum absolute atomic E-state index is 12.7. The maximum Gasteiger partial charge on any atom is 0.352 e. The summed E-state index contributed by atoms with van der Waals surface area (Å²) in [4.78, 5) is 39.1. The number of carbonyl (C=O) groups excluding carboxylic acids is 2. The van der Waals surface area contributed by atoms with Crippen molar-refractivity contribution in [1.82, 2.24) is 20.4 Å². The number of nitrogens with one attached hydrogen (secondary N) is 1. The summed E-state index contributed by atoms with van der Waals surface area (Å²) in [5.74, 6) is -0.906. The average molecular weight is 498 g/mol. The second-order valence-corrected chi connectivity index (χ2v) is 11.2. The van der Waals surface area contributed by atoms with Crippen LogP contribution in [-0.2, 0) is 27.2 Å². The molecule has 2 aliphatic heterocycles. The second kappa shape index (κ2) is 9.69. The van der Waals surface area contributed by atoms with E-state index >= 15 is 0 Å². The average Bonchev–Trinajstić information content (AvgIpc) is 3.42. The lowest BCUT2D eigenvalue weighted by molar-refractivity contribution is -0.150. The number of hydrogen-bond acceptors (Lipinski definition) is 10. The minimum absolute atomic E-state index is 0.0108. The fraction of sp³-hybridized carbons (Fsp3) is 0.389. The predicted molar refractivity (Wildman–Crippen MR) is 121 cm³/mol. The standard InChI is InChI=1S/C18H19N5O4S4/c19-4-3-12-21-22-18(31-12)30-8-9-7-29-16-13(15(25)23(16)14(9)17(26)27)20-11(24)6-10-2-1-5-28-10/h1-2,5,13,16H,3-4,6-8,19H2,(H,20,24)(H,26,27)/t13?,16-/m1/s1. The molecule has 1 fully saturated rings. The Morgan fingerprint density at radius 3 is 2.94 bits per heavy atom. The number of nitrogens with two attached hydrogens (primary N) is 1. The van der Waals surface area contributed by atoms with Crippen molar-refractivity contribution in [2.45, 2.75) is 28.6 Å². The van der Waals surface area contributed by atoms with Crippen LogP contribution in [0.15, 0.2) is 33.1 Å². The van der Waals surface area contributed by atoms with Gasteiger partial charge in [0.05, 0.1) is 6.42 Å². The van der Waals surface area contributed by atoms with E-state index in [1.807, 2.05) is 17.5 Å². The molecule has 31 heavy (non-hydrogen) atoms. The number of hydrogen-bond donors (Lipinski definition) is 3. The molecule has 0 bridgehead atoms. The van der Waals surface area contributed by atoms with Gasteiger partial charge in [-0.25, -0.2) is 4.79 Å². The Bertz CT molecular complexity index is 1020. The first-order valence-electron chi connectivity index (χ1n) is 9.35. The van der Waals surface area contributed by atoms with Crippen LogP contribution in [0.2, 0.25) is 0 Å². The summed E-state index contributed by atoms with van der Waals surface area (Å²) in [6, 6.07) is 3.02. The van der Waals surface area contributed by atoms with Gasteiger partial charge in [-0.15, -0.1) is 33.3 Å². The molecule has 2 aromatic heterocycles. The molecule has 2 amide bonds. The number of carboxylic acids is 1. The van der Waals surface area contributed by atoms with Crippen LogP contribution in [0.4, 0.5) is 0 Å². The SMILES string of the molecule is NCCc1nnc(SCC2=C(C(=O)O)N3C(=O)C(NC(=O)Cc4cccs4)[C@H]3SC2)s1. The Balaban J connectivity index is 1.41. The lowest BCUT2D eigenvalue weighted by Gasteiger charge is -2.49. The highest BCUT2D eigenvalue weighted by Gasteiger charge is 2.54. The number of aromatic nitrogens is 2. The number of thiophene rings is 1. The fourth-order valence-electron chi connectivity index (χ4n) is 3.26. The van der Waals surface area contributed by atoms with Gasteiger partial charge in [-0.3, -0.25) is 14.5 Å². The molecule has 4 heterocycles. The van der Waals surface area contributed by atoms with E-state index in [9.17, 15) is 19.5 Å². The third kappa shape index (κ3) is 4.80. The molecule has 2 atom stereocenters. The first-order valence-corrected chi connectivity index (χ1v) is 13.1. The maximum atomic E-state index is 12.7. The summed E-state index contributed by atoms with van der Waals surface area (Å²) in [7, 11) is 0. The van der Waals surface area contributed by atoms with Crippen molar-refractivity contribution in [2.24, 2.45) is 5.73 Å². The normalized spacial score (nSPS) is 20.4. The van der Waals surface area contributed by atoms with Crippen molar-refractivity contribution in [1.29, 1.82) is 0 Å². The summed E-state index contributed by atoms with van der Waals surface area (Å²) in [6.07, 6.45) is 0.858. The highest BCUT2D eigenvalue weighted by atomic mass is 32.2. The van der Waals surface area contributed by atoms with Crippen LogP contribution in [-0.4, -0.2) is 67.5 Å². The molecule has 9 nitrogen and oxygen atoms in total. The number of carboxylic acid groups (broad SMARTS) is 1. The molecule has 2 aliphatic rings. The Morgan fingerprint density at radius 1 is 1.39 bits per heavy atom. The number of rotatable bonds is 9. The zero-order chi connectivity index (χ0) is 22.0. The molecule has 2 aromatic rings. The minimum atomic E-state index is -1.14. The molecule has 164 valence electrons. The lowest BCUT2D eigenvalue weighted by Crippen LogP contribution is -2.70.